The predicted octanol–water partition coefficient (Wildman–Crippen LogP) is 7.27. The average Bonchev–Trinajstić information content (AvgIpc) is 3.81. The fourth-order valence-corrected chi connectivity index (χ4v) is 17.5. The van der Waals surface area contributed by atoms with Crippen molar-refractivity contribution in [3.8, 4) is 0 Å². The van der Waals surface area contributed by atoms with Gasteiger partial charge in [-0.25, -0.2) is 4.79 Å². The molecule has 0 bridgehead atoms. The van der Waals surface area contributed by atoms with Gasteiger partial charge in [0.1, 0.15) is 6.61 Å². The summed E-state index contributed by atoms with van der Waals surface area (Å²) < 4.78 is 18.5. The summed E-state index contributed by atoms with van der Waals surface area (Å²) in [6.45, 7) is 10.3. The summed E-state index contributed by atoms with van der Waals surface area (Å²) in [7, 11) is -0.275. The highest BCUT2D eigenvalue weighted by Gasteiger charge is 2.67. The van der Waals surface area contributed by atoms with Crippen LogP contribution in [0.3, 0.4) is 0 Å². The second kappa shape index (κ2) is 16.6. The average molecular weight is 756 g/mol. The van der Waals surface area contributed by atoms with Gasteiger partial charge in [-0.1, -0.05) is 52.1 Å². The lowest BCUT2D eigenvalue weighted by molar-refractivity contribution is -0.152. The molecule has 0 unspecified atom stereocenters. The first-order chi connectivity index (χ1) is 25.6. The molecule has 0 aromatic heterocycles. The summed E-state index contributed by atoms with van der Waals surface area (Å²) in [6, 6.07) is 0.234. The Labute approximate surface area is 319 Å². The molecule has 1 N–H and O–H groups in total. The molecule has 0 radical (unpaired) electrons. The van der Waals surface area contributed by atoms with Gasteiger partial charge in [0, 0.05) is 44.4 Å². The van der Waals surface area contributed by atoms with Crippen molar-refractivity contribution in [2.24, 2.45) is 17.8 Å². The van der Waals surface area contributed by atoms with E-state index in [1.807, 2.05) is 16.9 Å². The van der Waals surface area contributed by atoms with E-state index >= 15 is 4.79 Å². The van der Waals surface area contributed by atoms with Gasteiger partial charge in [-0.15, -0.1) is 0 Å². The smallest absolute Gasteiger partial charge is 0.410 e. The molecule has 298 valence electrons. The number of aliphatic hydroxyl groups excluding tert-OH is 1. The van der Waals surface area contributed by atoms with Crippen molar-refractivity contribution in [3.05, 3.63) is 11.3 Å². The first-order valence-electron chi connectivity index (χ1n) is 21.7. The van der Waals surface area contributed by atoms with Gasteiger partial charge < -0.3 is 34.0 Å². The quantitative estimate of drug-likeness (QED) is 0.209. The maximum atomic E-state index is 15.3. The first-order valence-corrected chi connectivity index (χ1v) is 24.8. The zero-order valence-corrected chi connectivity index (χ0v) is 34.3. The van der Waals surface area contributed by atoms with Crippen molar-refractivity contribution in [1.29, 1.82) is 0 Å². The molecule has 3 aliphatic heterocycles. The lowest BCUT2D eigenvalue weighted by Crippen LogP contribution is -2.51. The van der Waals surface area contributed by atoms with Gasteiger partial charge in [0.2, 0.25) is 5.91 Å². The van der Waals surface area contributed by atoms with E-state index in [0.717, 1.165) is 89.9 Å². The predicted molar refractivity (Wildman–Crippen MR) is 207 cm³/mol. The number of carbonyl (C=O) groups is 3. The van der Waals surface area contributed by atoms with E-state index in [-0.39, 0.29) is 54.5 Å². The van der Waals surface area contributed by atoms with Gasteiger partial charge in [0.15, 0.2) is 5.60 Å². The molecule has 1 spiro atoms. The van der Waals surface area contributed by atoms with Crippen LogP contribution < -0.4 is 0 Å². The van der Waals surface area contributed by atoms with Crippen LogP contribution in [-0.4, -0.2) is 116 Å². The third-order valence-corrected chi connectivity index (χ3v) is 20.7. The molecular formula is C42H69N3O7Si. The van der Waals surface area contributed by atoms with Crippen LogP contribution in [0.1, 0.15) is 122 Å². The van der Waals surface area contributed by atoms with Gasteiger partial charge in [-0.3, -0.25) is 9.59 Å². The van der Waals surface area contributed by atoms with Crippen LogP contribution in [0.4, 0.5) is 4.79 Å². The van der Waals surface area contributed by atoms with Crippen LogP contribution >= 0.6 is 0 Å². The molecule has 3 saturated carbocycles. The van der Waals surface area contributed by atoms with Crippen molar-refractivity contribution >= 4 is 26.0 Å². The van der Waals surface area contributed by atoms with Gasteiger partial charge >= 0.3 is 6.09 Å². The number of aliphatic hydroxyl groups is 1. The first kappa shape index (κ1) is 39.3. The van der Waals surface area contributed by atoms with Crippen molar-refractivity contribution in [2.75, 3.05) is 46.5 Å². The Kier molecular flexibility index (Phi) is 12.3. The van der Waals surface area contributed by atoms with Crippen LogP contribution in [0.2, 0.25) is 24.2 Å². The summed E-state index contributed by atoms with van der Waals surface area (Å²) in [6.07, 6.45) is 18.4. The molecule has 53 heavy (non-hydrogen) atoms. The van der Waals surface area contributed by atoms with E-state index in [4.69, 9.17) is 14.2 Å². The highest BCUT2D eigenvalue weighted by Crippen LogP contribution is 2.61. The van der Waals surface area contributed by atoms with E-state index < -0.39 is 13.7 Å². The molecule has 11 heteroatoms. The summed E-state index contributed by atoms with van der Waals surface area (Å²) >= 11 is 0. The Morgan fingerprint density at radius 3 is 2.32 bits per heavy atom. The summed E-state index contributed by atoms with van der Waals surface area (Å²) in [5.74, 6) is 1.08. The van der Waals surface area contributed by atoms with Gasteiger partial charge in [-0.2, -0.15) is 0 Å². The molecule has 0 aromatic carbocycles. The summed E-state index contributed by atoms with van der Waals surface area (Å²) in [5.41, 5.74) is 2.18. The molecular weight excluding hydrogens is 687 g/mol. The molecule has 2 saturated heterocycles. The Morgan fingerprint density at radius 1 is 0.943 bits per heavy atom. The Morgan fingerprint density at radius 2 is 1.66 bits per heavy atom. The SMILES string of the molecule is COC1CCC([Si](C)(C)[C@@H]2[C@@H](CC(=O)N(CCO)CC3CCCCC3)O[C@]3(C(=O)N(CC4CCC(N5CCOC5=O)CC4)C4=C3CCCC4)[C@H]2C)CC1. The monoisotopic (exact) mass is 755 g/mol. The van der Waals surface area contributed by atoms with E-state index in [2.05, 4.69) is 24.9 Å². The van der Waals surface area contributed by atoms with Crippen LogP contribution in [0.5, 0.6) is 0 Å². The lowest BCUT2D eigenvalue weighted by Gasteiger charge is -2.45. The number of methoxy groups -OCH3 is 1. The van der Waals surface area contributed by atoms with E-state index in [0.29, 0.717) is 56.3 Å². The number of ether oxygens (including phenoxy) is 3. The minimum Gasteiger partial charge on any atom is -0.448 e. The number of rotatable bonds is 12. The number of hydrogen-bond donors (Lipinski definition) is 1. The van der Waals surface area contributed by atoms with Gasteiger partial charge in [0.25, 0.3) is 5.91 Å². The highest BCUT2D eigenvalue weighted by molar-refractivity contribution is 6.80. The standard InChI is InChI=1S/C42H69N3O7Si/c1-29-39(53(3,4)34-20-18-33(50-2)19-21-34)37(26-38(47)43(22-24-46)27-30-10-6-5-7-11-30)52-42(29)35-12-8-9-13-36(35)45(40(42)48)28-31-14-16-32(17-15-31)44-23-25-51-41(44)49/h29-34,37,39,46H,5-28H2,1-4H3/t29-,31?,32?,33?,34?,37+,39-,42+/m0/s1. The van der Waals surface area contributed by atoms with Gasteiger partial charge in [0.05, 0.1) is 39.9 Å². The molecule has 4 atom stereocenters. The molecule has 3 heterocycles. The highest BCUT2D eigenvalue weighted by atomic mass is 28.3. The van der Waals surface area contributed by atoms with Gasteiger partial charge in [-0.05, 0) is 106 Å². The molecule has 7 aliphatic rings. The molecule has 10 nitrogen and oxygen atoms in total. The second-order valence-electron chi connectivity index (χ2n) is 18.5. The van der Waals surface area contributed by atoms with Crippen LogP contribution in [0, 0.1) is 17.8 Å². The number of amides is 3. The van der Waals surface area contributed by atoms with E-state index in [1.54, 1.807) is 0 Å². The van der Waals surface area contributed by atoms with E-state index in [1.165, 1.54) is 30.5 Å². The Bertz CT molecular complexity index is 1350. The lowest BCUT2D eigenvalue weighted by atomic mass is 9.78. The minimum absolute atomic E-state index is 0.00994. The van der Waals surface area contributed by atoms with Crippen molar-refractivity contribution in [2.45, 2.75) is 171 Å². The van der Waals surface area contributed by atoms with Crippen LogP contribution in [0.25, 0.3) is 0 Å². The second-order valence-corrected chi connectivity index (χ2v) is 23.7. The zero-order valence-electron chi connectivity index (χ0n) is 33.3. The minimum atomic E-state index is -2.11. The van der Waals surface area contributed by atoms with Crippen LogP contribution in [0.15, 0.2) is 11.3 Å². The topological polar surface area (TPSA) is 109 Å². The number of cyclic esters (lactones) is 1. The van der Waals surface area contributed by atoms with E-state index in [9.17, 15) is 14.7 Å². The van der Waals surface area contributed by atoms with Crippen molar-refractivity contribution < 1.29 is 33.7 Å². The molecule has 3 amide bonds. The van der Waals surface area contributed by atoms with Crippen molar-refractivity contribution in [1.82, 2.24) is 14.7 Å². The zero-order chi connectivity index (χ0) is 37.3. The molecule has 5 fully saturated rings. The summed E-state index contributed by atoms with van der Waals surface area (Å²) in [4.78, 5) is 48.0. The number of fused-ring (bicyclic) bond motifs is 1. The number of nitrogens with zero attached hydrogens (tertiary/aromatic N) is 3. The maximum absolute atomic E-state index is 15.3. The normalized spacial score (nSPS) is 35.7. The third-order valence-electron chi connectivity index (χ3n) is 15.4. The molecule has 4 aliphatic carbocycles. The number of carbonyl (C=O) groups excluding carboxylic acids is 3. The molecule has 7 rings (SSSR count). The van der Waals surface area contributed by atoms with Crippen molar-refractivity contribution in [3.63, 3.8) is 0 Å². The fourth-order valence-electron chi connectivity index (χ4n) is 12.5. The maximum Gasteiger partial charge on any atom is 0.410 e. The Hall–Kier alpha value is -1.95. The number of hydrogen-bond acceptors (Lipinski definition) is 7. The third kappa shape index (κ3) is 7.63. The Balaban J connectivity index is 1.15. The molecule has 0 aromatic rings. The number of allylic oxidation sites excluding steroid dienone is 1. The fraction of sp³-hybridized carbons (Fsp3) is 0.881. The summed E-state index contributed by atoms with van der Waals surface area (Å²) in [5, 5.41) is 10.1. The van der Waals surface area contributed by atoms with Crippen LogP contribution in [-0.2, 0) is 23.8 Å². The largest absolute Gasteiger partial charge is 0.448 e.